The maximum atomic E-state index is 12.1. The summed E-state index contributed by atoms with van der Waals surface area (Å²) in [5.41, 5.74) is 0.717. The zero-order chi connectivity index (χ0) is 16.7. The molecule has 0 aliphatic rings. The Morgan fingerprint density at radius 2 is 1.78 bits per heavy atom. The molecule has 0 radical (unpaired) electrons. The summed E-state index contributed by atoms with van der Waals surface area (Å²) in [5.74, 6) is -1.16. The Balaban J connectivity index is 1.93. The number of hydrogen-bond donors (Lipinski definition) is 2. The molecule has 0 spiro atoms. The first kappa shape index (κ1) is 17.0. The number of anilines is 1. The predicted molar refractivity (Wildman–Crippen MR) is 91.8 cm³/mol. The molecule has 0 saturated heterocycles. The Kier molecular flexibility index (Phi) is 6.17. The van der Waals surface area contributed by atoms with E-state index in [4.69, 9.17) is 5.11 Å². The molecule has 0 aliphatic carbocycles. The predicted octanol–water partition coefficient (Wildman–Crippen LogP) is 2.52. The molecule has 1 aromatic carbocycles. The van der Waals surface area contributed by atoms with E-state index in [2.05, 4.69) is 18.3 Å². The van der Waals surface area contributed by atoms with Crippen molar-refractivity contribution >= 4 is 28.9 Å². The highest BCUT2D eigenvalue weighted by Gasteiger charge is 2.14. The Labute approximate surface area is 139 Å². The Hall–Kier alpha value is -2.34. The van der Waals surface area contributed by atoms with Crippen LogP contribution in [0.5, 0.6) is 0 Å². The summed E-state index contributed by atoms with van der Waals surface area (Å²) in [6, 6.07) is 13.2. The molecule has 0 fully saturated rings. The van der Waals surface area contributed by atoms with Crippen LogP contribution in [0.25, 0.3) is 0 Å². The van der Waals surface area contributed by atoms with Gasteiger partial charge in [0.2, 0.25) is 5.91 Å². The van der Waals surface area contributed by atoms with E-state index in [9.17, 15) is 9.59 Å². The van der Waals surface area contributed by atoms with E-state index < -0.39 is 5.97 Å². The van der Waals surface area contributed by atoms with Crippen LogP contribution >= 0.6 is 11.3 Å². The smallest absolute Gasteiger partial charge is 0.323 e. The van der Waals surface area contributed by atoms with E-state index in [1.54, 1.807) is 28.4 Å². The molecule has 2 aromatic rings. The number of amides is 1. The van der Waals surface area contributed by atoms with Crippen molar-refractivity contribution in [1.82, 2.24) is 5.32 Å². The van der Waals surface area contributed by atoms with Gasteiger partial charge in [-0.15, -0.1) is 11.3 Å². The number of nitrogens with zero attached hydrogens (tertiary/aromatic N) is 1. The molecule has 122 valence electrons. The molecular formula is C17H20N2O3S. The number of thiophene rings is 1. The molecule has 0 aliphatic heterocycles. The van der Waals surface area contributed by atoms with Gasteiger partial charge >= 0.3 is 5.97 Å². The van der Waals surface area contributed by atoms with Crippen LogP contribution in [0.4, 0.5) is 5.69 Å². The van der Waals surface area contributed by atoms with Gasteiger partial charge in [-0.2, -0.15) is 0 Å². The quantitative estimate of drug-likeness (QED) is 0.779. The maximum absolute atomic E-state index is 12.1. The summed E-state index contributed by atoms with van der Waals surface area (Å²) in [6.07, 6.45) is 0.985. The number of carboxylic acids is 1. The fourth-order valence-electron chi connectivity index (χ4n) is 2.16. The SMILES string of the molecule is CCc1ccc(CNC(=O)CN(CC(=O)O)c2ccccc2)s1. The standard InChI is InChI=1S/C17H20N2O3S/c1-2-14-8-9-15(23-14)10-18-16(20)11-19(12-17(21)22)13-6-4-3-5-7-13/h3-9H,2,10-12H2,1H3,(H,18,20)(H,21,22). The van der Waals surface area contributed by atoms with Gasteiger partial charge in [-0.3, -0.25) is 9.59 Å². The summed E-state index contributed by atoms with van der Waals surface area (Å²) in [6.45, 7) is 2.37. The summed E-state index contributed by atoms with van der Waals surface area (Å²) in [7, 11) is 0. The number of para-hydroxylation sites is 1. The summed E-state index contributed by atoms with van der Waals surface area (Å²) >= 11 is 1.68. The van der Waals surface area contributed by atoms with Crippen molar-refractivity contribution in [3.8, 4) is 0 Å². The van der Waals surface area contributed by atoms with Crippen molar-refractivity contribution < 1.29 is 14.7 Å². The number of carbonyl (C=O) groups excluding carboxylic acids is 1. The minimum atomic E-state index is -0.965. The van der Waals surface area contributed by atoms with Gasteiger partial charge in [0.05, 0.1) is 13.1 Å². The minimum absolute atomic E-state index is 0.0162. The normalized spacial score (nSPS) is 10.3. The number of carbonyl (C=O) groups is 2. The van der Waals surface area contributed by atoms with E-state index in [0.717, 1.165) is 17.0 Å². The minimum Gasteiger partial charge on any atom is -0.480 e. The van der Waals surface area contributed by atoms with Crippen LogP contribution in [-0.4, -0.2) is 30.1 Å². The van der Waals surface area contributed by atoms with Crippen LogP contribution in [0.3, 0.4) is 0 Å². The molecule has 2 rings (SSSR count). The van der Waals surface area contributed by atoms with Crippen molar-refractivity contribution in [3.63, 3.8) is 0 Å². The molecule has 5 nitrogen and oxygen atoms in total. The first-order chi connectivity index (χ1) is 11.1. The van der Waals surface area contributed by atoms with Gasteiger partial charge in [-0.05, 0) is 30.7 Å². The zero-order valence-electron chi connectivity index (χ0n) is 13.0. The molecule has 0 saturated carbocycles. The van der Waals surface area contributed by atoms with Gasteiger partial charge in [-0.25, -0.2) is 0 Å². The lowest BCUT2D eigenvalue weighted by Crippen LogP contribution is -2.39. The third-order valence-corrected chi connectivity index (χ3v) is 4.54. The summed E-state index contributed by atoms with van der Waals surface area (Å²) < 4.78 is 0. The van der Waals surface area contributed by atoms with Gasteiger partial charge < -0.3 is 15.3 Å². The van der Waals surface area contributed by atoms with Crippen LogP contribution in [0.1, 0.15) is 16.7 Å². The monoisotopic (exact) mass is 332 g/mol. The number of carboxylic acid groups (broad SMARTS) is 1. The average Bonchev–Trinajstić information content (AvgIpc) is 3.01. The number of nitrogens with one attached hydrogen (secondary N) is 1. The van der Waals surface area contributed by atoms with Gasteiger partial charge in [0.25, 0.3) is 0 Å². The lowest BCUT2D eigenvalue weighted by Gasteiger charge is -2.22. The van der Waals surface area contributed by atoms with Crippen LogP contribution in [0.15, 0.2) is 42.5 Å². The van der Waals surface area contributed by atoms with E-state index in [1.807, 2.05) is 24.3 Å². The zero-order valence-corrected chi connectivity index (χ0v) is 13.8. The molecule has 23 heavy (non-hydrogen) atoms. The third kappa shape index (κ3) is 5.41. The second-order valence-corrected chi connectivity index (χ2v) is 6.34. The van der Waals surface area contributed by atoms with Gasteiger partial charge in [0.1, 0.15) is 6.54 Å². The highest BCUT2D eigenvalue weighted by Crippen LogP contribution is 2.16. The molecule has 2 N–H and O–H groups in total. The van der Waals surface area contributed by atoms with Crippen molar-refractivity contribution in [3.05, 3.63) is 52.2 Å². The maximum Gasteiger partial charge on any atom is 0.323 e. The van der Waals surface area contributed by atoms with Crippen LogP contribution in [0, 0.1) is 0 Å². The highest BCUT2D eigenvalue weighted by molar-refractivity contribution is 7.11. The number of hydrogen-bond acceptors (Lipinski definition) is 4. The highest BCUT2D eigenvalue weighted by atomic mass is 32.1. The Morgan fingerprint density at radius 3 is 2.39 bits per heavy atom. The Bertz CT molecular complexity index is 655. The lowest BCUT2D eigenvalue weighted by molar-refractivity contribution is -0.135. The topological polar surface area (TPSA) is 69.6 Å². The number of aliphatic carboxylic acids is 1. The molecule has 1 aromatic heterocycles. The van der Waals surface area contributed by atoms with Crippen LogP contribution < -0.4 is 10.2 Å². The lowest BCUT2D eigenvalue weighted by atomic mass is 10.3. The fraction of sp³-hybridized carbons (Fsp3) is 0.294. The van der Waals surface area contributed by atoms with E-state index in [-0.39, 0.29) is 19.0 Å². The number of aryl methyl sites for hydroxylation is 1. The average molecular weight is 332 g/mol. The molecule has 1 heterocycles. The number of rotatable bonds is 8. The van der Waals surface area contributed by atoms with Crippen molar-refractivity contribution in [2.45, 2.75) is 19.9 Å². The molecule has 6 heteroatoms. The molecular weight excluding hydrogens is 312 g/mol. The molecule has 0 unspecified atom stereocenters. The second kappa shape index (κ2) is 8.33. The first-order valence-corrected chi connectivity index (χ1v) is 8.26. The molecule has 1 amide bonds. The van der Waals surface area contributed by atoms with Crippen molar-refractivity contribution in [2.24, 2.45) is 0 Å². The first-order valence-electron chi connectivity index (χ1n) is 7.44. The fourth-order valence-corrected chi connectivity index (χ4v) is 3.06. The van der Waals surface area contributed by atoms with Gasteiger partial charge in [-0.1, -0.05) is 25.1 Å². The van der Waals surface area contributed by atoms with Crippen molar-refractivity contribution in [2.75, 3.05) is 18.0 Å². The third-order valence-electron chi connectivity index (χ3n) is 3.31. The van der Waals surface area contributed by atoms with Gasteiger partial charge in [0, 0.05) is 15.4 Å². The van der Waals surface area contributed by atoms with Crippen LogP contribution in [0.2, 0.25) is 0 Å². The second-order valence-electron chi connectivity index (χ2n) is 5.08. The van der Waals surface area contributed by atoms with Crippen LogP contribution in [-0.2, 0) is 22.6 Å². The van der Waals surface area contributed by atoms with Gasteiger partial charge in [0.15, 0.2) is 0 Å². The van der Waals surface area contributed by atoms with E-state index >= 15 is 0 Å². The number of benzene rings is 1. The molecule has 0 bridgehead atoms. The summed E-state index contributed by atoms with van der Waals surface area (Å²) in [4.78, 5) is 27.1. The van der Waals surface area contributed by atoms with E-state index in [0.29, 0.717) is 6.54 Å². The Morgan fingerprint density at radius 1 is 1.09 bits per heavy atom. The van der Waals surface area contributed by atoms with E-state index in [1.165, 1.54) is 4.88 Å². The van der Waals surface area contributed by atoms with Crippen molar-refractivity contribution in [1.29, 1.82) is 0 Å². The largest absolute Gasteiger partial charge is 0.480 e. The molecule has 0 atom stereocenters. The summed E-state index contributed by atoms with van der Waals surface area (Å²) in [5, 5.41) is 11.9.